The highest BCUT2D eigenvalue weighted by atomic mass is 16.6. The van der Waals surface area contributed by atoms with Crippen LogP contribution >= 0.6 is 0 Å². The van der Waals surface area contributed by atoms with Crippen molar-refractivity contribution < 1.29 is 28.7 Å². The second kappa shape index (κ2) is 20.2. The van der Waals surface area contributed by atoms with Gasteiger partial charge in [-0.05, 0) is 72.6 Å². The average molecular weight is 819 g/mol. The molecule has 0 bridgehead atoms. The van der Waals surface area contributed by atoms with Crippen LogP contribution < -0.4 is 10.6 Å². The van der Waals surface area contributed by atoms with Crippen LogP contribution in [0.5, 0.6) is 0 Å². The van der Waals surface area contributed by atoms with Crippen LogP contribution in [0.2, 0.25) is 0 Å². The average Bonchev–Trinajstić information content (AvgIpc) is 4.09. The van der Waals surface area contributed by atoms with Crippen LogP contribution in [0.15, 0.2) is 86.2 Å². The molecule has 4 heterocycles. The lowest BCUT2D eigenvalue weighted by atomic mass is 10.0. The third-order valence-corrected chi connectivity index (χ3v) is 11.1. The Labute approximate surface area is 352 Å². The molecule has 2 saturated heterocycles. The number of aromatic amines is 2. The van der Waals surface area contributed by atoms with Crippen LogP contribution in [-0.2, 0) is 19.1 Å². The second-order valence-corrected chi connectivity index (χ2v) is 16.1. The normalized spacial score (nSPS) is 17.4. The first-order chi connectivity index (χ1) is 29.0. The van der Waals surface area contributed by atoms with Crippen molar-refractivity contribution in [2.45, 2.75) is 90.4 Å². The minimum Gasteiger partial charge on any atom is -0.449 e. The summed E-state index contributed by atoms with van der Waals surface area (Å²) in [4.78, 5) is 72.2. The predicted molar refractivity (Wildman–Crippen MR) is 230 cm³/mol. The number of hydrogen-bond donors (Lipinski definition) is 4. The van der Waals surface area contributed by atoms with Crippen molar-refractivity contribution in [2.75, 3.05) is 26.3 Å². The van der Waals surface area contributed by atoms with Crippen molar-refractivity contribution in [1.82, 2.24) is 40.4 Å². The highest BCUT2D eigenvalue weighted by molar-refractivity contribution is 5.87. The summed E-state index contributed by atoms with van der Waals surface area (Å²) in [5.41, 5.74) is 5.75. The maximum Gasteiger partial charge on any atom is 0.407 e. The van der Waals surface area contributed by atoms with Gasteiger partial charge in [-0.25, -0.2) is 19.6 Å². The number of hydrogen-bond acceptors (Lipinski definition) is 8. The topological polar surface area (TPSA) is 175 Å². The summed E-state index contributed by atoms with van der Waals surface area (Å²) in [6.07, 6.45) is 10.0. The molecule has 2 aromatic carbocycles. The first-order valence-electron chi connectivity index (χ1n) is 21.0. The van der Waals surface area contributed by atoms with Crippen LogP contribution in [0.3, 0.4) is 0 Å². The van der Waals surface area contributed by atoms with Crippen LogP contribution in [0.1, 0.15) is 90.0 Å². The van der Waals surface area contributed by atoms with Crippen LogP contribution in [0.4, 0.5) is 9.59 Å². The van der Waals surface area contributed by atoms with E-state index in [4.69, 9.17) is 19.4 Å². The fourth-order valence-electron chi connectivity index (χ4n) is 7.81. The van der Waals surface area contributed by atoms with Crippen molar-refractivity contribution in [1.29, 1.82) is 0 Å². The summed E-state index contributed by atoms with van der Waals surface area (Å²) in [5.74, 6) is 0.888. The Balaban J connectivity index is 1.07. The van der Waals surface area contributed by atoms with Gasteiger partial charge in [-0.15, -0.1) is 13.2 Å². The summed E-state index contributed by atoms with van der Waals surface area (Å²) in [7, 11) is 0. The van der Waals surface area contributed by atoms with E-state index in [2.05, 4.69) is 82.3 Å². The number of H-pyrrole nitrogens is 2. The number of aromatic nitrogens is 4. The van der Waals surface area contributed by atoms with Crippen molar-refractivity contribution in [2.24, 2.45) is 11.8 Å². The SMILES string of the molecule is C=CCCOC(=O)N[C@H](C(=O)N1CCCC1c1ncc(-c2ccc(-c3ccc(-c4cnc([C@@H]5CCCN5C(=O)[C@@H](NC(=O)OCCC=C)C(C)C)[nH]4)cc3)cc2)[nH]1)C(C)C. The van der Waals surface area contributed by atoms with Gasteiger partial charge in [0.25, 0.3) is 0 Å². The molecule has 14 heteroatoms. The van der Waals surface area contributed by atoms with E-state index >= 15 is 0 Å². The Bertz CT molecular complexity index is 1960. The molecule has 2 aliphatic rings. The first-order valence-corrected chi connectivity index (χ1v) is 21.0. The molecule has 0 radical (unpaired) electrons. The molecular weight excluding hydrogens is 761 g/mol. The maximum absolute atomic E-state index is 13.7. The van der Waals surface area contributed by atoms with E-state index in [1.54, 1.807) is 24.5 Å². The van der Waals surface area contributed by atoms with E-state index in [-0.39, 0.29) is 48.9 Å². The fraction of sp³-hybridized carbons (Fsp3) is 0.435. The molecule has 0 aliphatic carbocycles. The molecule has 4 amide bonds. The summed E-state index contributed by atoms with van der Waals surface area (Å²) in [5, 5.41) is 5.54. The maximum atomic E-state index is 13.7. The van der Waals surface area contributed by atoms with Crippen molar-refractivity contribution in [3.05, 3.63) is 97.9 Å². The van der Waals surface area contributed by atoms with Crippen molar-refractivity contribution in [3.63, 3.8) is 0 Å². The third kappa shape index (κ3) is 10.3. The number of ether oxygens (including phenoxy) is 2. The fourth-order valence-corrected chi connectivity index (χ4v) is 7.81. The molecule has 14 nitrogen and oxygen atoms in total. The number of rotatable bonds is 17. The van der Waals surface area contributed by atoms with Crippen LogP contribution in [0.25, 0.3) is 33.6 Å². The smallest absolute Gasteiger partial charge is 0.407 e. The van der Waals surface area contributed by atoms with Gasteiger partial charge in [0.05, 0.1) is 49.1 Å². The molecule has 1 unspecified atom stereocenters. The minimum atomic E-state index is -0.714. The summed E-state index contributed by atoms with van der Waals surface area (Å²) in [6.45, 7) is 16.5. The molecule has 318 valence electrons. The highest BCUT2D eigenvalue weighted by Gasteiger charge is 2.39. The lowest BCUT2D eigenvalue weighted by molar-refractivity contribution is -0.136. The van der Waals surface area contributed by atoms with Crippen molar-refractivity contribution in [3.8, 4) is 33.6 Å². The lowest BCUT2D eigenvalue weighted by Crippen LogP contribution is -2.51. The molecule has 0 saturated carbocycles. The van der Waals surface area contributed by atoms with Crippen LogP contribution in [-0.4, -0.2) is 92.1 Å². The summed E-state index contributed by atoms with van der Waals surface area (Å²) >= 11 is 0. The van der Waals surface area contributed by atoms with Gasteiger partial charge in [-0.1, -0.05) is 88.4 Å². The monoisotopic (exact) mass is 818 g/mol. The Morgan fingerprint density at radius 3 is 1.38 bits per heavy atom. The molecular formula is C46H58N8O6. The molecule has 4 aromatic rings. The number of alkyl carbamates (subject to hydrolysis) is 2. The van der Waals surface area contributed by atoms with E-state index in [9.17, 15) is 19.2 Å². The Morgan fingerprint density at radius 2 is 1.03 bits per heavy atom. The molecule has 4 N–H and O–H groups in total. The molecule has 2 fully saturated rings. The zero-order valence-corrected chi connectivity index (χ0v) is 35.1. The second-order valence-electron chi connectivity index (χ2n) is 16.1. The molecule has 2 aromatic heterocycles. The van der Waals surface area contributed by atoms with Gasteiger partial charge in [0.2, 0.25) is 11.8 Å². The minimum absolute atomic E-state index is 0.127. The number of nitrogens with one attached hydrogen (secondary N) is 4. The zero-order chi connectivity index (χ0) is 42.8. The lowest BCUT2D eigenvalue weighted by Gasteiger charge is -2.30. The van der Waals surface area contributed by atoms with Crippen molar-refractivity contribution >= 4 is 24.0 Å². The number of nitrogens with zero attached hydrogens (tertiary/aromatic N) is 4. The number of carbonyl (C=O) groups is 4. The number of amides is 4. The number of benzene rings is 2. The van der Waals surface area contributed by atoms with Gasteiger partial charge in [-0.2, -0.15) is 0 Å². The predicted octanol–water partition coefficient (Wildman–Crippen LogP) is 8.11. The van der Waals surface area contributed by atoms with Gasteiger partial charge in [-0.3, -0.25) is 9.59 Å². The first kappa shape index (κ1) is 43.4. The van der Waals surface area contributed by atoms with Gasteiger partial charge in [0, 0.05) is 13.1 Å². The number of likely N-dealkylation sites (tertiary alicyclic amines) is 2. The Hall–Kier alpha value is -6.18. The van der Waals surface area contributed by atoms with E-state index in [0.29, 0.717) is 25.9 Å². The van der Waals surface area contributed by atoms with E-state index in [1.807, 2.05) is 37.5 Å². The largest absolute Gasteiger partial charge is 0.449 e. The molecule has 2 aliphatic heterocycles. The van der Waals surface area contributed by atoms with Gasteiger partial charge in [0.15, 0.2) is 0 Å². The third-order valence-electron chi connectivity index (χ3n) is 11.1. The molecule has 60 heavy (non-hydrogen) atoms. The van der Waals surface area contributed by atoms with E-state index < -0.39 is 24.3 Å². The molecule has 4 atom stereocenters. The number of imidazole rings is 2. The highest BCUT2D eigenvalue weighted by Crippen LogP contribution is 2.35. The van der Waals surface area contributed by atoms with Gasteiger partial charge < -0.3 is 39.9 Å². The van der Waals surface area contributed by atoms with E-state index in [0.717, 1.165) is 71.0 Å². The molecule has 0 spiro atoms. The van der Waals surface area contributed by atoms with Crippen LogP contribution in [0, 0.1) is 11.8 Å². The Kier molecular flexibility index (Phi) is 14.6. The van der Waals surface area contributed by atoms with Gasteiger partial charge in [0.1, 0.15) is 23.7 Å². The Morgan fingerprint density at radius 1 is 0.667 bits per heavy atom. The van der Waals surface area contributed by atoms with Gasteiger partial charge >= 0.3 is 12.2 Å². The zero-order valence-electron chi connectivity index (χ0n) is 35.1. The quantitative estimate of drug-likeness (QED) is 0.0611. The van der Waals surface area contributed by atoms with E-state index in [1.165, 1.54) is 0 Å². The summed E-state index contributed by atoms with van der Waals surface area (Å²) < 4.78 is 10.4. The standard InChI is InChI=1S/C46H58N8O6/c1-7-9-25-59-45(57)51-39(29(3)4)43(55)53-23-11-13-37(53)41-47-27-35(49-41)33-19-15-31(16-20-33)32-17-21-34(22-18-32)36-28-48-42(50-36)38-14-12-24-54(38)44(56)40(30(5)6)52-46(58)60-26-10-8-2/h7-8,15-22,27-30,37-40H,1-2,9-14,23-26H2,3-6H3,(H,47,49)(H,48,50)(H,51,57)(H,52,58)/t37-,38?,39-,40-/m0/s1. The summed E-state index contributed by atoms with van der Waals surface area (Å²) in [6, 6.07) is 14.6. The molecule has 6 rings (SSSR count). The number of carbonyl (C=O) groups excluding carboxylic acids is 4.